The second-order valence-electron chi connectivity index (χ2n) is 3.45. The molecule has 0 fully saturated rings. The molecule has 0 bridgehead atoms. The summed E-state index contributed by atoms with van der Waals surface area (Å²) in [6.07, 6.45) is 1.59. The molecule has 2 aromatic rings. The van der Waals surface area contributed by atoms with Crippen LogP contribution in [0.1, 0.15) is 5.56 Å². The van der Waals surface area contributed by atoms with Gasteiger partial charge in [-0.1, -0.05) is 30.3 Å². The fourth-order valence-electron chi connectivity index (χ4n) is 1.57. The lowest BCUT2D eigenvalue weighted by molar-refractivity contribution is 0.475. The second-order valence-corrected chi connectivity index (χ2v) is 3.45. The van der Waals surface area contributed by atoms with Crippen LogP contribution in [0.25, 0.3) is 11.1 Å². The predicted molar refractivity (Wildman–Crippen MR) is 65.3 cm³/mol. The summed E-state index contributed by atoms with van der Waals surface area (Å²) in [4.78, 5) is 0. The van der Waals surface area contributed by atoms with E-state index in [2.05, 4.69) is 5.10 Å². The van der Waals surface area contributed by atoms with Crippen LogP contribution in [0.4, 0.5) is 0 Å². The van der Waals surface area contributed by atoms with Crippen LogP contribution in [-0.4, -0.2) is 11.3 Å². The van der Waals surface area contributed by atoms with Gasteiger partial charge in [0.25, 0.3) is 0 Å². The topological polar surface area (TPSA) is 58.6 Å². The molecule has 0 spiro atoms. The fraction of sp³-hybridized carbons (Fsp3) is 0. The molecular weight excluding hydrogens is 200 g/mol. The van der Waals surface area contributed by atoms with Crippen LogP contribution in [-0.2, 0) is 0 Å². The zero-order valence-corrected chi connectivity index (χ0v) is 8.67. The van der Waals surface area contributed by atoms with E-state index in [9.17, 15) is 5.11 Å². The summed E-state index contributed by atoms with van der Waals surface area (Å²) in [5, 5.41) is 12.9. The third-order valence-corrected chi connectivity index (χ3v) is 2.29. The Labute approximate surface area is 93.9 Å². The minimum Gasteiger partial charge on any atom is -0.508 e. The normalized spacial score (nSPS) is 10.8. The van der Waals surface area contributed by atoms with E-state index in [4.69, 9.17) is 5.84 Å². The summed E-state index contributed by atoms with van der Waals surface area (Å²) < 4.78 is 0. The maximum absolute atomic E-state index is 9.40. The smallest absolute Gasteiger partial charge is 0.116 e. The maximum Gasteiger partial charge on any atom is 0.116 e. The SMILES string of the molecule is NN=Cc1cccc(-c2cccc(O)c2)c1. The van der Waals surface area contributed by atoms with Crippen LogP contribution in [0, 0.1) is 0 Å². The molecule has 0 heterocycles. The Kier molecular flexibility index (Phi) is 2.87. The molecule has 0 radical (unpaired) electrons. The standard InChI is InChI=1S/C13H12N2O/c14-15-9-10-3-1-4-11(7-10)12-5-2-6-13(16)8-12/h1-9,16H,14H2. The molecule has 3 N–H and O–H groups in total. The first-order valence-electron chi connectivity index (χ1n) is 4.92. The molecule has 0 saturated carbocycles. The molecule has 0 saturated heterocycles. The number of nitrogens with two attached hydrogens (primary N) is 1. The van der Waals surface area contributed by atoms with Crippen molar-refractivity contribution in [3.8, 4) is 16.9 Å². The molecule has 2 aromatic carbocycles. The van der Waals surface area contributed by atoms with Gasteiger partial charge in [-0.3, -0.25) is 0 Å². The number of phenolic OH excluding ortho intramolecular Hbond substituents is 1. The van der Waals surface area contributed by atoms with Crippen LogP contribution in [0.15, 0.2) is 53.6 Å². The molecule has 3 heteroatoms. The highest BCUT2D eigenvalue weighted by atomic mass is 16.3. The summed E-state index contributed by atoms with van der Waals surface area (Å²) in [7, 11) is 0. The Bertz CT molecular complexity index is 521. The highest BCUT2D eigenvalue weighted by molar-refractivity contribution is 5.82. The zero-order valence-electron chi connectivity index (χ0n) is 8.67. The van der Waals surface area contributed by atoms with Crippen LogP contribution in [0.3, 0.4) is 0 Å². The molecule has 16 heavy (non-hydrogen) atoms. The molecule has 0 aliphatic carbocycles. The molecule has 3 nitrogen and oxygen atoms in total. The average Bonchev–Trinajstić information content (AvgIpc) is 2.30. The van der Waals surface area contributed by atoms with Crippen molar-refractivity contribution in [3.63, 3.8) is 0 Å². The maximum atomic E-state index is 9.40. The first-order valence-corrected chi connectivity index (χ1v) is 4.92. The summed E-state index contributed by atoms with van der Waals surface area (Å²) in [5.41, 5.74) is 2.92. The third kappa shape index (κ3) is 2.20. The molecule has 0 aromatic heterocycles. The van der Waals surface area contributed by atoms with Gasteiger partial charge in [0.2, 0.25) is 0 Å². The number of hydrogen-bond acceptors (Lipinski definition) is 3. The number of aromatic hydroxyl groups is 1. The van der Waals surface area contributed by atoms with E-state index in [1.165, 1.54) is 0 Å². The zero-order chi connectivity index (χ0) is 11.4. The second kappa shape index (κ2) is 4.49. The Morgan fingerprint density at radius 3 is 2.38 bits per heavy atom. The fourth-order valence-corrected chi connectivity index (χ4v) is 1.57. The van der Waals surface area contributed by atoms with E-state index in [0.29, 0.717) is 0 Å². The van der Waals surface area contributed by atoms with Gasteiger partial charge < -0.3 is 10.9 Å². The lowest BCUT2D eigenvalue weighted by atomic mass is 10.0. The molecule has 2 rings (SSSR count). The Hall–Kier alpha value is -2.29. The van der Waals surface area contributed by atoms with Crippen molar-refractivity contribution in [1.29, 1.82) is 0 Å². The van der Waals surface area contributed by atoms with Gasteiger partial charge in [-0.05, 0) is 34.9 Å². The largest absolute Gasteiger partial charge is 0.508 e. The number of rotatable bonds is 2. The summed E-state index contributed by atoms with van der Waals surface area (Å²) in [6, 6.07) is 14.9. The lowest BCUT2D eigenvalue weighted by Crippen LogP contribution is -1.87. The number of benzene rings is 2. The van der Waals surface area contributed by atoms with Gasteiger partial charge in [0.1, 0.15) is 5.75 Å². The van der Waals surface area contributed by atoms with Crippen LogP contribution >= 0.6 is 0 Å². The molecule has 0 unspecified atom stereocenters. The predicted octanol–water partition coefficient (Wildman–Crippen LogP) is 2.35. The van der Waals surface area contributed by atoms with Crippen molar-refractivity contribution in [2.75, 3.05) is 0 Å². The van der Waals surface area contributed by atoms with Crippen LogP contribution in [0.5, 0.6) is 5.75 Å². The first-order chi connectivity index (χ1) is 7.79. The number of phenols is 1. The minimum atomic E-state index is 0.260. The minimum absolute atomic E-state index is 0.260. The van der Waals surface area contributed by atoms with E-state index in [-0.39, 0.29) is 5.75 Å². The summed E-state index contributed by atoms with van der Waals surface area (Å²) in [6.45, 7) is 0. The number of hydrogen-bond donors (Lipinski definition) is 2. The molecule has 80 valence electrons. The van der Waals surface area contributed by atoms with Crippen molar-refractivity contribution in [1.82, 2.24) is 0 Å². The monoisotopic (exact) mass is 212 g/mol. The molecule has 0 amide bonds. The Morgan fingerprint density at radius 2 is 1.69 bits per heavy atom. The van der Waals surface area contributed by atoms with Crippen molar-refractivity contribution in [2.24, 2.45) is 10.9 Å². The van der Waals surface area contributed by atoms with Gasteiger partial charge in [0.05, 0.1) is 6.21 Å². The van der Waals surface area contributed by atoms with Gasteiger partial charge >= 0.3 is 0 Å². The van der Waals surface area contributed by atoms with Crippen LogP contribution in [0.2, 0.25) is 0 Å². The van der Waals surface area contributed by atoms with Crippen molar-refractivity contribution in [2.45, 2.75) is 0 Å². The van der Waals surface area contributed by atoms with Crippen molar-refractivity contribution in [3.05, 3.63) is 54.1 Å². The van der Waals surface area contributed by atoms with Crippen molar-refractivity contribution >= 4 is 6.21 Å². The van der Waals surface area contributed by atoms with Gasteiger partial charge in [0.15, 0.2) is 0 Å². The van der Waals surface area contributed by atoms with Crippen molar-refractivity contribution < 1.29 is 5.11 Å². The van der Waals surface area contributed by atoms with Gasteiger partial charge in [0, 0.05) is 0 Å². The van der Waals surface area contributed by atoms with Gasteiger partial charge in [-0.15, -0.1) is 0 Å². The van der Waals surface area contributed by atoms with Gasteiger partial charge in [-0.25, -0.2) is 0 Å². The van der Waals surface area contributed by atoms with E-state index in [1.807, 2.05) is 36.4 Å². The van der Waals surface area contributed by atoms with E-state index < -0.39 is 0 Å². The third-order valence-electron chi connectivity index (χ3n) is 2.29. The Balaban J connectivity index is 2.44. The Morgan fingerprint density at radius 1 is 1.00 bits per heavy atom. The summed E-state index contributed by atoms with van der Waals surface area (Å²) >= 11 is 0. The molecular formula is C13H12N2O. The van der Waals surface area contributed by atoms with E-state index >= 15 is 0 Å². The molecule has 0 aliphatic heterocycles. The number of hydrazone groups is 1. The lowest BCUT2D eigenvalue weighted by Gasteiger charge is -2.03. The van der Waals surface area contributed by atoms with Gasteiger partial charge in [-0.2, -0.15) is 5.10 Å². The summed E-state index contributed by atoms with van der Waals surface area (Å²) in [5.74, 6) is 5.36. The van der Waals surface area contributed by atoms with E-state index in [1.54, 1.807) is 18.3 Å². The quantitative estimate of drug-likeness (QED) is 0.456. The number of nitrogens with zero attached hydrogens (tertiary/aromatic N) is 1. The van der Waals surface area contributed by atoms with Crippen LogP contribution < -0.4 is 5.84 Å². The average molecular weight is 212 g/mol. The molecule has 0 aliphatic rings. The first kappa shape index (κ1) is 10.2. The highest BCUT2D eigenvalue weighted by Gasteiger charge is 1.99. The molecule has 0 atom stereocenters. The van der Waals surface area contributed by atoms with E-state index in [0.717, 1.165) is 16.7 Å². The highest BCUT2D eigenvalue weighted by Crippen LogP contribution is 2.23.